The maximum atomic E-state index is 12.6. The second-order valence-electron chi connectivity index (χ2n) is 12.8. The Balaban J connectivity index is 1.21. The van der Waals surface area contributed by atoms with E-state index in [2.05, 4.69) is 70.2 Å². The number of rotatable bonds is 12. The number of nitrogens with zero attached hydrogens (tertiary/aromatic N) is 4. The van der Waals surface area contributed by atoms with E-state index in [4.69, 9.17) is 4.74 Å². The fourth-order valence-electron chi connectivity index (χ4n) is 4.82. The Hall–Kier alpha value is -3.99. The number of carbonyl (C=O) groups is 3. The van der Waals surface area contributed by atoms with Gasteiger partial charge in [-0.1, -0.05) is 13.0 Å². The summed E-state index contributed by atoms with van der Waals surface area (Å²) in [6.45, 7) is 9.64. The summed E-state index contributed by atoms with van der Waals surface area (Å²) in [4.78, 5) is 43.8. The van der Waals surface area contributed by atoms with Crippen molar-refractivity contribution in [2.45, 2.75) is 77.9 Å². The molecule has 1 fully saturated rings. The Morgan fingerprint density at radius 2 is 1.86 bits per heavy atom. The molecule has 0 bridgehead atoms. The summed E-state index contributed by atoms with van der Waals surface area (Å²) in [5.74, 6) is -0.564. The van der Waals surface area contributed by atoms with Crippen molar-refractivity contribution in [2.24, 2.45) is 5.92 Å². The van der Waals surface area contributed by atoms with Gasteiger partial charge < -0.3 is 20.3 Å². The van der Waals surface area contributed by atoms with Gasteiger partial charge in [-0.3, -0.25) is 19.6 Å². The second-order valence-corrected chi connectivity index (χ2v) is 12.8. The molecule has 232 valence electrons. The van der Waals surface area contributed by atoms with Gasteiger partial charge in [-0.25, -0.2) is 9.78 Å². The van der Waals surface area contributed by atoms with Gasteiger partial charge in [0.15, 0.2) is 0 Å². The highest BCUT2D eigenvalue weighted by molar-refractivity contribution is 6.39. The summed E-state index contributed by atoms with van der Waals surface area (Å²) in [5, 5.41) is 13.8. The monoisotopic (exact) mass is 591 g/mol. The first-order valence-corrected chi connectivity index (χ1v) is 15.1. The zero-order valence-electron chi connectivity index (χ0n) is 26.2. The van der Waals surface area contributed by atoms with Crippen LogP contribution in [0.4, 0.5) is 16.3 Å². The average Bonchev–Trinajstić information content (AvgIpc) is 3.70. The van der Waals surface area contributed by atoms with Crippen LogP contribution in [0, 0.1) is 5.92 Å². The van der Waals surface area contributed by atoms with Crippen LogP contribution in [0.1, 0.15) is 70.4 Å². The number of carbonyl (C=O) groups excluding carboxylic acids is 3. The molecule has 1 aliphatic carbocycles. The minimum Gasteiger partial charge on any atom is -0.444 e. The molecule has 3 N–H and O–H groups in total. The zero-order chi connectivity index (χ0) is 31.1. The van der Waals surface area contributed by atoms with Crippen LogP contribution < -0.4 is 16.0 Å². The third-order valence-corrected chi connectivity index (χ3v) is 7.26. The van der Waals surface area contributed by atoms with E-state index in [1.807, 2.05) is 10.9 Å². The van der Waals surface area contributed by atoms with Gasteiger partial charge in [-0.05, 0) is 103 Å². The first-order valence-electron chi connectivity index (χ1n) is 15.1. The molecule has 4 rings (SSSR count). The summed E-state index contributed by atoms with van der Waals surface area (Å²) in [5.41, 5.74) is 3.00. The molecular formula is C32H45N7O4. The van der Waals surface area contributed by atoms with Crippen LogP contribution in [0.5, 0.6) is 0 Å². The maximum Gasteiger partial charge on any atom is 0.413 e. The molecule has 2 aromatic heterocycles. The number of hydrogen-bond acceptors (Lipinski definition) is 7. The third-order valence-electron chi connectivity index (χ3n) is 7.26. The molecule has 0 unspecified atom stereocenters. The number of benzene rings is 1. The largest absolute Gasteiger partial charge is 0.444 e. The molecule has 43 heavy (non-hydrogen) atoms. The van der Waals surface area contributed by atoms with Crippen LogP contribution in [0.2, 0.25) is 0 Å². The predicted octanol–water partition coefficient (Wildman–Crippen LogP) is 4.93. The number of aryl methyl sites for hydroxylation is 1. The molecular weight excluding hydrogens is 546 g/mol. The van der Waals surface area contributed by atoms with E-state index in [0.29, 0.717) is 18.1 Å². The van der Waals surface area contributed by atoms with Crippen LogP contribution in [0.15, 0.2) is 36.7 Å². The van der Waals surface area contributed by atoms with Crippen LogP contribution in [0.3, 0.4) is 0 Å². The number of pyridine rings is 1. The molecule has 11 nitrogen and oxygen atoms in total. The van der Waals surface area contributed by atoms with Gasteiger partial charge in [-0.15, -0.1) is 0 Å². The smallest absolute Gasteiger partial charge is 0.413 e. The van der Waals surface area contributed by atoms with Crippen molar-refractivity contribution in [1.82, 2.24) is 25.0 Å². The van der Waals surface area contributed by atoms with Crippen molar-refractivity contribution >= 4 is 40.3 Å². The summed E-state index contributed by atoms with van der Waals surface area (Å²) < 4.78 is 7.37. The Bertz CT molecular complexity index is 1440. The molecule has 11 heteroatoms. The van der Waals surface area contributed by atoms with Gasteiger partial charge in [0.25, 0.3) is 0 Å². The summed E-state index contributed by atoms with van der Waals surface area (Å²) in [7, 11) is 4.12. The van der Waals surface area contributed by atoms with Gasteiger partial charge in [0.05, 0.1) is 30.1 Å². The lowest BCUT2D eigenvalue weighted by Gasteiger charge is -2.20. The molecule has 1 aromatic carbocycles. The van der Waals surface area contributed by atoms with Gasteiger partial charge >= 0.3 is 17.9 Å². The molecule has 0 aliphatic heterocycles. The second kappa shape index (κ2) is 14.0. The number of fused-ring (bicyclic) bond motifs is 1. The number of likely N-dealkylation sites (N-methyl/N-ethyl adjacent to an activating group) is 1. The lowest BCUT2D eigenvalue weighted by molar-refractivity contribution is -0.136. The minimum absolute atomic E-state index is 0.218. The number of amides is 3. The fourth-order valence-corrected chi connectivity index (χ4v) is 4.82. The van der Waals surface area contributed by atoms with Gasteiger partial charge in [0, 0.05) is 24.0 Å². The lowest BCUT2D eigenvalue weighted by atomic mass is 10.0. The summed E-state index contributed by atoms with van der Waals surface area (Å²) >= 11 is 0. The van der Waals surface area contributed by atoms with Crippen LogP contribution in [-0.2, 0) is 27.3 Å². The fraction of sp³-hybridized carbons (Fsp3) is 0.531. The van der Waals surface area contributed by atoms with Gasteiger partial charge in [0.2, 0.25) is 0 Å². The number of anilines is 2. The topological polar surface area (TPSA) is 130 Å². The predicted molar refractivity (Wildman–Crippen MR) is 168 cm³/mol. The van der Waals surface area contributed by atoms with Crippen molar-refractivity contribution in [3.8, 4) is 0 Å². The zero-order valence-corrected chi connectivity index (χ0v) is 26.2. The van der Waals surface area contributed by atoms with Crippen molar-refractivity contribution in [3.05, 3.63) is 47.8 Å². The first-order chi connectivity index (χ1) is 20.4. The van der Waals surface area contributed by atoms with E-state index >= 15 is 0 Å². The Labute approximate surface area is 253 Å². The summed E-state index contributed by atoms with van der Waals surface area (Å²) in [6.07, 6.45) is 7.54. The quantitative estimate of drug-likeness (QED) is 0.255. The highest BCUT2D eigenvalue weighted by Gasteiger charge is 2.29. The average molecular weight is 592 g/mol. The van der Waals surface area contributed by atoms with E-state index in [0.717, 1.165) is 61.7 Å². The van der Waals surface area contributed by atoms with E-state index < -0.39 is 23.5 Å². The summed E-state index contributed by atoms with van der Waals surface area (Å²) in [6, 6.07) is 8.27. The maximum absolute atomic E-state index is 12.6. The van der Waals surface area contributed by atoms with Gasteiger partial charge in [0.1, 0.15) is 11.4 Å². The number of nitrogens with one attached hydrogen (secondary N) is 3. The third kappa shape index (κ3) is 9.77. The Kier molecular flexibility index (Phi) is 10.4. The van der Waals surface area contributed by atoms with Crippen LogP contribution in [-0.4, -0.2) is 70.4 Å². The molecule has 0 spiro atoms. The Morgan fingerprint density at radius 1 is 1.09 bits per heavy atom. The molecule has 1 atom stereocenters. The highest BCUT2D eigenvalue weighted by atomic mass is 16.6. The molecule has 1 saturated carbocycles. The van der Waals surface area contributed by atoms with Gasteiger partial charge in [-0.2, -0.15) is 5.10 Å². The standard InChI is InChI=1S/C32H45N7O4/c1-21(8-7-9-22-10-13-27-24(16-22)19-35-39(27)15-14-38(5)6)18-34-29(40)30(41)36-25-17-26(23-11-12-23)28(33-20-25)37-31(42)43-32(2,3)4/h10,13,16-17,19-21,23H,7-9,11-12,14-15,18H2,1-6H3,(H,34,40)(H,36,41)(H,33,37,42)/t21-/m0/s1. The normalized spacial score (nSPS) is 14.0. The van der Waals surface area contributed by atoms with E-state index in [1.165, 1.54) is 11.8 Å². The number of aromatic nitrogens is 3. The molecule has 3 amide bonds. The van der Waals surface area contributed by atoms with Crippen LogP contribution >= 0.6 is 0 Å². The van der Waals surface area contributed by atoms with Crippen molar-refractivity contribution < 1.29 is 19.1 Å². The lowest BCUT2D eigenvalue weighted by Crippen LogP contribution is -2.37. The molecule has 0 radical (unpaired) electrons. The highest BCUT2D eigenvalue weighted by Crippen LogP contribution is 2.43. The molecule has 2 heterocycles. The van der Waals surface area contributed by atoms with Crippen molar-refractivity contribution in [2.75, 3.05) is 37.8 Å². The number of hydrogen-bond donors (Lipinski definition) is 3. The first kappa shape index (κ1) is 31.9. The minimum atomic E-state index is -0.747. The van der Waals surface area contributed by atoms with Crippen LogP contribution in [0.25, 0.3) is 10.9 Å². The molecule has 3 aromatic rings. The van der Waals surface area contributed by atoms with E-state index in [1.54, 1.807) is 26.8 Å². The SMILES string of the molecule is C[C@@H](CCCc1ccc2c(cnn2CCN(C)C)c1)CNC(=O)C(=O)Nc1cnc(NC(=O)OC(C)(C)C)c(C2CC2)c1. The van der Waals surface area contributed by atoms with E-state index in [9.17, 15) is 14.4 Å². The molecule has 0 saturated heterocycles. The number of ether oxygens (including phenoxy) is 1. The van der Waals surface area contributed by atoms with Crippen molar-refractivity contribution in [1.29, 1.82) is 0 Å². The van der Waals surface area contributed by atoms with Crippen molar-refractivity contribution in [3.63, 3.8) is 0 Å². The Morgan fingerprint density at radius 3 is 2.56 bits per heavy atom. The van der Waals surface area contributed by atoms with E-state index in [-0.39, 0.29) is 11.8 Å². The molecule has 1 aliphatic rings.